The summed E-state index contributed by atoms with van der Waals surface area (Å²) in [5.74, 6) is 1.35. The van der Waals surface area contributed by atoms with Crippen LogP contribution >= 0.6 is 11.8 Å². The van der Waals surface area contributed by atoms with Crippen molar-refractivity contribution in [2.75, 3.05) is 12.3 Å². The maximum absolute atomic E-state index is 13.0. The van der Waals surface area contributed by atoms with Gasteiger partial charge in [0.15, 0.2) is 5.16 Å². The van der Waals surface area contributed by atoms with E-state index in [1.807, 2.05) is 59.5 Å². The Labute approximate surface area is 192 Å². The number of hydrogen-bond acceptors (Lipinski definition) is 4. The molecule has 0 aliphatic carbocycles. The van der Waals surface area contributed by atoms with E-state index in [4.69, 9.17) is 0 Å². The SMILES string of the molecule is O=C(CSc1nnc(Cc2ccccc2)n1-c1ccccc1)N1CCc2ccccc2C1. The standard InChI is InChI=1S/C26H24N4OS/c31-25(29-16-15-21-11-7-8-12-22(21)18-29)19-32-26-28-27-24(17-20-9-3-1-4-10-20)30(26)23-13-5-2-6-14-23/h1-14H,15-19H2. The fourth-order valence-electron chi connectivity index (χ4n) is 4.05. The van der Waals surface area contributed by atoms with Gasteiger partial charge in [-0.05, 0) is 35.2 Å². The smallest absolute Gasteiger partial charge is 0.233 e. The first kappa shape index (κ1) is 20.5. The van der Waals surface area contributed by atoms with Gasteiger partial charge in [-0.3, -0.25) is 9.36 Å². The van der Waals surface area contributed by atoms with E-state index in [1.165, 1.54) is 28.5 Å². The zero-order valence-corrected chi connectivity index (χ0v) is 18.5. The largest absolute Gasteiger partial charge is 0.337 e. The van der Waals surface area contributed by atoms with E-state index in [0.717, 1.165) is 29.6 Å². The summed E-state index contributed by atoms with van der Waals surface area (Å²) in [7, 11) is 0. The van der Waals surface area contributed by atoms with Gasteiger partial charge in [0.05, 0.1) is 5.75 Å². The van der Waals surface area contributed by atoms with Crippen LogP contribution in [0, 0.1) is 0 Å². The van der Waals surface area contributed by atoms with E-state index in [0.29, 0.717) is 18.7 Å². The van der Waals surface area contributed by atoms with Crippen molar-refractivity contribution < 1.29 is 4.79 Å². The summed E-state index contributed by atoms with van der Waals surface area (Å²) < 4.78 is 2.07. The molecule has 160 valence electrons. The molecule has 1 aromatic heterocycles. The second kappa shape index (κ2) is 9.40. The number of para-hydroxylation sites is 1. The lowest BCUT2D eigenvalue weighted by molar-refractivity contribution is -0.129. The second-order valence-electron chi connectivity index (χ2n) is 7.85. The highest BCUT2D eigenvalue weighted by Gasteiger charge is 2.22. The lowest BCUT2D eigenvalue weighted by Crippen LogP contribution is -2.37. The second-order valence-corrected chi connectivity index (χ2v) is 8.80. The number of hydrogen-bond donors (Lipinski definition) is 0. The van der Waals surface area contributed by atoms with Crippen molar-refractivity contribution in [3.8, 4) is 5.69 Å². The van der Waals surface area contributed by atoms with Gasteiger partial charge in [0.25, 0.3) is 0 Å². The van der Waals surface area contributed by atoms with Gasteiger partial charge in [-0.25, -0.2) is 0 Å². The third-order valence-corrected chi connectivity index (χ3v) is 6.64. The van der Waals surface area contributed by atoms with E-state index in [9.17, 15) is 4.79 Å². The molecular formula is C26H24N4OS. The molecule has 0 saturated heterocycles. The zero-order valence-electron chi connectivity index (χ0n) is 17.7. The van der Waals surface area contributed by atoms with Crippen molar-refractivity contribution in [2.45, 2.75) is 24.5 Å². The predicted octanol–water partition coefficient (Wildman–Crippen LogP) is 4.54. The van der Waals surface area contributed by atoms with Crippen molar-refractivity contribution in [1.29, 1.82) is 0 Å². The maximum Gasteiger partial charge on any atom is 0.233 e. The summed E-state index contributed by atoms with van der Waals surface area (Å²) in [6, 6.07) is 28.7. The number of fused-ring (bicyclic) bond motifs is 1. The lowest BCUT2D eigenvalue weighted by atomic mass is 10.00. The third kappa shape index (κ3) is 4.46. The molecule has 0 N–H and O–H groups in total. The van der Waals surface area contributed by atoms with Crippen molar-refractivity contribution in [2.24, 2.45) is 0 Å². The molecule has 5 nitrogen and oxygen atoms in total. The molecule has 1 aliphatic rings. The topological polar surface area (TPSA) is 51.0 Å². The van der Waals surface area contributed by atoms with Crippen LogP contribution in [-0.2, 0) is 24.2 Å². The fourth-order valence-corrected chi connectivity index (χ4v) is 4.92. The van der Waals surface area contributed by atoms with Crippen LogP contribution in [0.4, 0.5) is 0 Å². The van der Waals surface area contributed by atoms with Gasteiger partial charge in [-0.2, -0.15) is 0 Å². The van der Waals surface area contributed by atoms with Crippen LogP contribution in [0.1, 0.15) is 22.5 Å². The highest BCUT2D eigenvalue weighted by atomic mass is 32.2. The number of nitrogens with zero attached hydrogens (tertiary/aromatic N) is 4. The Morgan fingerprint density at radius 2 is 1.53 bits per heavy atom. The van der Waals surface area contributed by atoms with Crippen LogP contribution in [-0.4, -0.2) is 37.9 Å². The van der Waals surface area contributed by atoms with Crippen molar-refractivity contribution in [1.82, 2.24) is 19.7 Å². The van der Waals surface area contributed by atoms with Gasteiger partial charge in [0.2, 0.25) is 5.91 Å². The van der Waals surface area contributed by atoms with E-state index >= 15 is 0 Å². The van der Waals surface area contributed by atoms with E-state index < -0.39 is 0 Å². The Morgan fingerprint density at radius 1 is 0.844 bits per heavy atom. The number of benzene rings is 3. The average molecular weight is 441 g/mol. The molecule has 0 bridgehead atoms. The minimum atomic E-state index is 0.136. The van der Waals surface area contributed by atoms with Crippen LogP contribution in [0.2, 0.25) is 0 Å². The predicted molar refractivity (Wildman–Crippen MR) is 127 cm³/mol. The van der Waals surface area contributed by atoms with E-state index in [1.54, 1.807) is 0 Å². The number of amides is 1. The Balaban J connectivity index is 1.34. The molecule has 0 unspecified atom stereocenters. The van der Waals surface area contributed by atoms with Gasteiger partial charge < -0.3 is 4.90 Å². The van der Waals surface area contributed by atoms with E-state index in [-0.39, 0.29) is 5.91 Å². The average Bonchev–Trinajstić information content (AvgIpc) is 3.25. The molecule has 1 amide bonds. The highest BCUT2D eigenvalue weighted by molar-refractivity contribution is 7.99. The molecule has 0 atom stereocenters. The molecule has 2 heterocycles. The van der Waals surface area contributed by atoms with Gasteiger partial charge >= 0.3 is 0 Å². The molecule has 0 spiro atoms. The van der Waals surface area contributed by atoms with Crippen molar-refractivity contribution >= 4 is 17.7 Å². The summed E-state index contributed by atoms with van der Waals surface area (Å²) in [6.45, 7) is 1.45. The number of carbonyl (C=O) groups is 1. The minimum absolute atomic E-state index is 0.136. The lowest BCUT2D eigenvalue weighted by Gasteiger charge is -2.28. The molecule has 6 heteroatoms. The quantitative estimate of drug-likeness (QED) is 0.413. The molecular weight excluding hydrogens is 416 g/mol. The summed E-state index contributed by atoms with van der Waals surface area (Å²) in [6.07, 6.45) is 1.59. The van der Waals surface area contributed by atoms with Crippen molar-refractivity contribution in [3.05, 3.63) is 107 Å². The number of thioether (sulfide) groups is 1. The molecule has 0 saturated carbocycles. The monoisotopic (exact) mass is 440 g/mol. The van der Waals surface area contributed by atoms with Gasteiger partial charge in [-0.1, -0.05) is 84.6 Å². The Bertz CT molecular complexity index is 1210. The molecule has 32 heavy (non-hydrogen) atoms. The maximum atomic E-state index is 13.0. The van der Waals surface area contributed by atoms with Crippen molar-refractivity contribution in [3.63, 3.8) is 0 Å². The third-order valence-electron chi connectivity index (χ3n) is 5.73. The van der Waals surface area contributed by atoms with Gasteiger partial charge in [-0.15, -0.1) is 10.2 Å². The molecule has 1 aliphatic heterocycles. The number of rotatable bonds is 6. The fraction of sp³-hybridized carbons (Fsp3) is 0.192. The summed E-state index contributed by atoms with van der Waals surface area (Å²) in [5, 5.41) is 9.67. The first-order chi connectivity index (χ1) is 15.8. The summed E-state index contributed by atoms with van der Waals surface area (Å²) >= 11 is 1.45. The van der Waals surface area contributed by atoms with Crippen LogP contribution in [0.3, 0.4) is 0 Å². The van der Waals surface area contributed by atoms with Gasteiger partial charge in [0, 0.05) is 25.2 Å². The highest BCUT2D eigenvalue weighted by Crippen LogP contribution is 2.25. The summed E-state index contributed by atoms with van der Waals surface area (Å²) in [4.78, 5) is 14.9. The summed E-state index contributed by atoms with van der Waals surface area (Å²) in [5.41, 5.74) is 4.77. The van der Waals surface area contributed by atoms with Crippen LogP contribution in [0.25, 0.3) is 5.69 Å². The van der Waals surface area contributed by atoms with Crippen LogP contribution in [0.5, 0.6) is 0 Å². The first-order valence-electron chi connectivity index (χ1n) is 10.8. The Morgan fingerprint density at radius 3 is 2.31 bits per heavy atom. The zero-order chi connectivity index (χ0) is 21.8. The number of aromatic nitrogens is 3. The number of carbonyl (C=O) groups excluding carboxylic acids is 1. The van der Waals surface area contributed by atoms with Crippen LogP contribution in [0.15, 0.2) is 90.1 Å². The molecule has 4 aromatic rings. The Kier molecular flexibility index (Phi) is 6.03. The Hall–Kier alpha value is -3.38. The van der Waals surface area contributed by atoms with E-state index in [2.05, 4.69) is 45.1 Å². The normalized spacial score (nSPS) is 13.1. The van der Waals surface area contributed by atoms with Gasteiger partial charge in [0.1, 0.15) is 5.82 Å². The van der Waals surface area contributed by atoms with Crippen LogP contribution < -0.4 is 0 Å². The minimum Gasteiger partial charge on any atom is -0.337 e. The molecule has 5 rings (SSSR count). The molecule has 0 fully saturated rings. The molecule has 0 radical (unpaired) electrons. The first-order valence-corrected chi connectivity index (χ1v) is 11.8. The molecule has 3 aromatic carbocycles.